The number of fused-ring (bicyclic) bond motifs is 1. The first-order valence-electron chi connectivity index (χ1n) is 12.3. The highest BCUT2D eigenvalue weighted by molar-refractivity contribution is 6.42. The fraction of sp³-hybridized carbons (Fsp3) is 0.296. The van der Waals surface area contributed by atoms with Gasteiger partial charge in [0.25, 0.3) is 5.91 Å². The van der Waals surface area contributed by atoms with Crippen LogP contribution in [0.2, 0.25) is 10.0 Å². The highest BCUT2D eigenvalue weighted by Crippen LogP contribution is 2.46. The molecule has 2 atom stereocenters. The second-order valence-corrected chi connectivity index (χ2v) is 10.3. The number of ether oxygens (including phenoxy) is 1. The molecule has 0 spiro atoms. The average Bonchev–Trinajstić information content (AvgIpc) is 3.46. The van der Waals surface area contributed by atoms with Crippen molar-refractivity contribution < 1.29 is 22.7 Å². The Labute approximate surface area is 238 Å². The lowest BCUT2D eigenvalue weighted by Crippen LogP contribution is -2.36. The molecule has 0 saturated carbocycles. The van der Waals surface area contributed by atoms with E-state index >= 15 is 0 Å². The topological polar surface area (TPSA) is 86.0 Å². The number of halogens is 5. The summed E-state index contributed by atoms with van der Waals surface area (Å²) in [7, 11) is 1.46. The quantitative estimate of drug-likeness (QED) is 0.252. The maximum atomic E-state index is 14.1. The number of amides is 1. The molecule has 1 aliphatic heterocycles. The Bertz CT molecular complexity index is 1580. The predicted octanol–water partition coefficient (Wildman–Crippen LogP) is 6.97. The molecule has 13 heteroatoms. The predicted molar refractivity (Wildman–Crippen MR) is 147 cm³/mol. The minimum Gasteiger partial charge on any atom is -0.496 e. The number of alkyl halides is 3. The van der Waals surface area contributed by atoms with Crippen LogP contribution in [-0.2, 0) is 6.54 Å². The molecule has 3 heterocycles. The maximum Gasteiger partial charge on any atom is 0.410 e. The van der Waals surface area contributed by atoms with Crippen LogP contribution in [-0.4, -0.2) is 38.8 Å². The minimum absolute atomic E-state index is 0.0233. The van der Waals surface area contributed by atoms with Gasteiger partial charge in [0.05, 0.1) is 53.0 Å². The number of hydrogen-bond acceptors (Lipinski definition) is 5. The number of anilines is 2. The molecule has 2 N–H and O–H groups in total. The second-order valence-electron chi connectivity index (χ2n) is 9.49. The molecule has 40 heavy (non-hydrogen) atoms. The van der Waals surface area contributed by atoms with Gasteiger partial charge in [-0.05, 0) is 37.6 Å². The van der Waals surface area contributed by atoms with E-state index in [-0.39, 0.29) is 17.8 Å². The number of rotatable bonds is 6. The lowest BCUT2D eigenvalue weighted by atomic mass is 9.95. The summed E-state index contributed by atoms with van der Waals surface area (Å²) in [5.74, 6) is -0.198. The third kappa shape index (κ3) is 5.23. The van der Waals surface area contributed by atoms with Gasteiger partial charge >= 0.3 is 6.18 Å². The number of methoxy groups -OCH3 is 1. The summed E-state index contributed by atoms with van der Waals surface area (Å²) in [6, 6.07) is 9.39. The monoisotopic (exact) mass is 592 g/mol. The van der Waals surface area contributed by atoms with Crippen LogP contribution in [0.15, 0.2) is 48.7 Å². The van der Waals surface area contributed by atoms with Crippen LogP contribution in [0, 0.1) is 13.8 Å². The van der Waals surface area contributed by atoms with E-state index in [1.807, 2.05) is 6.07 Å². The number of aromatic nitrogens is 4. The first-order valence-corrected chi connectivity index (χ1v) is 13.1. The SMILES string of the molecule is COc1ccccc1[C@H]1C[C@H](C(F)(F)F)n2ncc(C(=O)Nc3c(C)nn(Cc4ccc(Cl)c(Cl)c4)c3C)c2N1. The molecule has 0 radical (unpaired) electrons. The number of carbonyl (C=O) groups excluding carboxylic acids is 1. The Morgan fingerprint density at radius 1 is 1.18 bits per heavy atom. The van der Waals surface area contributed by atoms with Crippen LogP contribution >= 0.6 is 23.2 Å². The maximum absolute atomic E-state index is 14.1. The molecular formula is C27H25Cl2F3N6O2. The molecule has 210 valence electrons. The van der Waals surface area contributed by atoms with Crippen molar-refractivity contribution in [3.63, 3.8) is 0 Å². The number of nitrogens with one attached hydrogen (secondary N) is 2. The van der Waals surface area contributed by atoms with Crippen LogP contribution in [0.4, 0.5) is 24.7 Å². The van der Waals surface area contributed by atoms with E-state index in [0.29, 0.717) is 45.0 Å². The number of nitrogens with zero attached hydrogens (tertiary/aromatic N) is 4. The summed E-state index contributed by atoms with van der Waals surface area (Å²) in [5, 5.41) is 15.2. The molecule has 0 bridgehead atoms. The van der Waals surface area contributed by atoms with Crippen molar-refractivity contribution in [2.24, 2.45) is 0 Å². The van der Waals surface area contributed by atoms with Gasteiger partial charge < -0.3 is 15.4 Å². The van der Waals surface area contributed by atoms with Crippen molar-refractivity contribution in [1.29, 1.82) is 0 Å². The molecule has 1 aliphatic rings. The van der Waals surface area contributed by atoms with E-state index in [9.17, 15) is 18.0 Å². The zero-order valence-corrected chi connectivity index (χ0v) is 23.2. The summed E-state index contributed by atoms with van der Waals surface area (Å²) in [4.78, 5) is 13.4. The molecule has 0 fully saturated rings. The van der Waals surface area contributed by atoms with Gasteiger partial charge in [0.2, 0.25) is 0 Å². The Morgan fingerprint density at radius 2 is 1.93 bits per heavy atom. The molecule has 0 unspecified atom stereocenters. The van der Waals surface area contributed by atoms with Crippen molar-refractivity contribution in [2.45, 2.75) is 45.1 Å². The lowest BCUT2D eigenvalue weighted by molar-refractivity contribution is -0.173. The molecule has 1 amide bonds. The van der Waals surface area contributed by atoms with Crippen molar-refractivity contribution in [3.8, 4) is 5.75 Å². The third-order valence-corrected chi connectivity index (χ3v) is 7.67. The first kappa shape index (κ1) is 27.9. The zero-order chi connectivity index (χ0) is 28.8. The van der Waals surface area contributed by atoms with E-state index in [0.717, 1.165) is 16.4 Å². The van der Waals surface area contributed by atoms with Crippen molar-refractivity contribution in [1.82, 2.24) is 19.6 Å². The Morgan fingerprint density at radius 3 is 2.62 bits per heavy atom. The molecule has 8 nitrogen and oxygen atoms in total. The first-order chi connectivity index (χ1) is 19.0. The largest absolute Gasteiger partial charge is 0.496 e. The van der Waals surface area contributed by atoms with Gasteiger partial charge in [0, 0.05) is 12.0 Å². The summed E-state index contributed by atoms with van der Waals surface area (Å²) in [6.45, 7) is 3.89. The number of benzene rings is 2. The minimum atomic E-state index is -4.59. The highest BCUT2D eigenvalue weighted by Gasteiger charge is 2.47. The second kappa shape index (κ2) is 10.7. The fourth-order valence-electron chi connectivity index (χ4n) is 4.91. The number of aryl methyl sites for hydroxylation is 1. The number of hydrogen-bond donors (Lipinski definition) is 2. The van der Waals surface area contributed by atoms with Gasteiger partial charge in [-0.3, -0.25) is 9.48 Å². The van der Waals surface area contributed by atoms with Crippen LogP contribution in [0.1, 0.15) is 51.4 Å². The van der Waals surface area contributed by atoms with Crippen LogP contribution < -0.4 is 15.4 Å². The molecule has 2 aromatic carbocycles. The van der Waals surface area contributed by atoms with Crippen LogP contribution in [0.5, 0.6) is 5.75 Å². The molecule has 5 rings (SSSR count). The van der Waals surface area contributed by atoms with Crippen LogP contribution in [0.25, 0.3) is 0 Å². The Hall–Kier alpha value is -3.70. The third-order valence-electron chi connectivity index (χ3n) is 6.93. The van der Waals surface area contributed by atoms with Gasteiger partial charge in [-0.1, -0.05) is 47.5 Å². The van der Waals surface area contributed by atoms with Gasteiger partial charge in [-0.15, -0.1) is 0 Å². The zero-order valence-electron chi connectivity index (χ0n) is 21.7. The number of carbonyl (C=O) groups is 1. The average molecular weight is 593 g/mol. The van der Waals surface area contributed by atoms with Gasteiger partial charge in [-0.2, -0.15) is 23.4 Å². The smallest absolute Gasteiger partial charge is 0.410 e. The van der Waals surface area contributed by atoms with Gasteiger partial charge in [0.15, 0.2) is 6.04 Å². The summed E-state index contributed by atoms with van der Waals surface area (Å²) >= 11 is 12.1. The molecule has 4 aromatic rings. The standard InChI is InChI=1S/C27H25Cl2F3N6O2/c1-14-24(15(2)37(36-14)13-16-8-9-19(28)20(29)10-16)35-26(39)18-12-33-38-23(27(30,31)32)11-21(34-25(18)38)17-6-4-5-7-22(17)40-3/h4-10,12,21,23,34H,11,13H2,1-3H3,(H,35,39)/t21-,23-/m1/s1. The molecule has 0 saturated heterocycles. The van der Waals surface area contributed by atoms with E-state index < -0.39 is 24.2 Å². The van der Waals surface area contributed by atoms with Crippen molar-refractivity contribution >= 4 is 40.6 Å². The Balaban J connectivity index is 1.45. The molecular weight excluding hydrogens is 568 g/mol. The van der Waals surface area contributed by atoms with Crippen molar-refractivity contribution in [2.75, 3.05) is 17.7 Å². The normalized spacial score (nSPS) is 16.8. The summed E-state index contributed by atoms with van der Waals surface area (Å²) < 4.78 is 50.3. The van der Waals surface area contributed by atoms with Gasteiger partial charge in [-0.25, -0.2) is 4.68 Å². The highest BCUT2D eigenvalue weighted by atomic mass is 35.5. The lowest BCUT2D eigenvalue weighted by Gasteiger charge is -2.34. The molecule has 2 aromatic heterocycles. The van der Waals surface area contributed by atoms with E-state index in [4.69, 9.17) is 27.9 Å². The molecule has 0 aliphatic carbocycles. The van der Waals surface area contributed by atoms with Crippen LogP contribution in [0.3, 0.4) is 0 Å². The Kier molecular flexibility index (Phi) is 7.45. The van der Waals surface area contributed by atoms with E-state index in [2.05, 4.69) is 20.8 Å². The van der Waals surface area contributed by atoms with Gasteiger partial charge in [0.1, 0.15) is 17.1 Å². The van der Waals surface area contributed by atoms with E-state index in [1.165, 1.54) is 7.11 Å². The fourth-order valence-corrected chi connectivity index (χ4v) is 5.23. The summed E-state index contributed by atoms with van der Waals surface area (Å²) in [5.41, 5.74) is 3.03. The van der Waals surface area contributed by atoms with Crippen molar-refractivity contribution in [3.05, 3.63) is 86.8 Å². The summed E-state index contributed by atoms with van der Waals surface area (Å²) in [6.07, 6.45) is -3.76. The number of para-hydroxylation sites is 1. The van der Waals surface area contributed by atoms with E-state index in [1.54, 1.807) is 54.9 Å².